The van der Waals surface area contributed by atoms with E-state index in [4.69, 9.17) is 4.98 Å². The zero-order chi connectivity index (χ0) is 21.4. The van der Waals surface area contributed by atoms with Gasteiger partial charge < -0.3 is 15.7 Å². The number of hydrogen-bond donors (Lipinski definition) is 3. The fourth-order valence-electron chi connectivity index (χ4n) is 3.81. The van der Waals surface area contributed by atoms with E-state index in [2.05, 4.69) is 10.6 Å². The summed E-state index contributed by atoms with van der Waals surface area (Å²) in [5.41, 5.74) is 3.59. The molecule has 0 spiro atoms. The van der Waals surface area contributed by atoms with E-state index in [-0.39, 0.29) is 17.2 Å². The summed E-state index contributed by atoms with van der Waals surface area (Å²) < 4.78 is 1.59. The lowest BCUT2D eigenvalue weighted by molar-refractivity contribution is 0.0698. The van der Waals surface area contributed by atoms with Crippen molar-refractivity contribution >= 4 is 23.1 Å². The maximum Gasteiger partial charge on any atom is 0.337 e. The predicted molar refractivity (Wildman–Crippen MR) is 118 cm³/mol. The highest BCUT2D eigenvalue weighted by Crippen LogP contribution is 2.28. The van der Waals surface area contributed by atoms with Crippen molar-refractivity contribution in [3.05, 3.63) is 69.1 Å². The highest BCUT2D eigenvalue weighted by atomic mass is 16.4. The van der Waals surface area contributed by atoms with Gasteiger partial charge in [0.15, 0.2) is 0 Å². The molecule has 0 aliphatic heterocycles. The summed E-state index contributed by atoms with van der Waals surface area (Å²) in [6.07, 6.45) is 5.17. The van der Waals surface area contributed by atoms with E-state index >= 15 is 0 Å². The van der Waals surface area contributed by atoms with Crippen molar-refractivity contribution in [3.63, 3.8) is 0 Å². The number of aromatic nitrogens is 2. The van der Waals surface area contributed by atoms with Crippen molar-refractivity contribution in [2.75, 3.05) is 10.6 Å². The smallest absolute Gasteiger partial charge is 0.337 e. The number of fused-ring (bicyclic) bond motifs is 1. The molecule has 7 nitrogen and oxygen atoms in total. The zero-order valence-electron chi connectivity index (χ0n) is 17.4. The van der Waals surface area contributed by atoms with Gasteiger partial charge >= 0.3 is 5.97 Å². The molecule has 0 bridgehead atoms. The Kier molecular flexibility index (Phi) is 5.20. The van der Waals surface area contributed by atoms with Crippen LogP contribution in [0.2, 0.25) is 0 Å². The molecule has 0 saturated heterocycles. The van der Waals surface area contributed by atoms with Gasteiger partial charge in [-0.3, -0.25) is 9.20 Å². The van der Waals surface area contributed by atoms with Gasteiger partial charge in [-0.1, -0.05) is 12.1 Å². The van der Waals surface area contributed by atoms with Crippen molar-refractivity contribution < 1.29 is 9.90 Å². The van der Waals surface area contributed by atoms with Crippen molar-refractivity contribution in [1.29, 1.82) is 0 Å². The first-order valence-electron chi connectivity index (χ1n) is 10.2. The van der Waals surface area contributed by atoms with Crippen LogP contribution in [0.4, 0.5) is 11.5 Å². The standard InChI is InChI=1S/C23H26N4O3/c1-13-11-18(15(3)24-19-10-5-4-9-17(19)23(29)30)21-26-20(25-16-7-6-8-16)14(2)22(28)27(21)12-13/h4-5,9-12,15-16,24-25H,6-8H2,1-3H3,(H,29,30)/t15-/m1/s1. The second kappa shape index (κ2) is 7.82. The number of anilines is 2. The first kappa shape index (κ1) is 19.9. The number of carboxylic acid groups (broad SMARTS) is 1. The van der Waals surface area contributed by atoms with Gasteiger partial charge in [0, 0.05) is 23.5 Å². The lowest BCUT2D eigenvalue weighted by Crippen LogP contribution is -2.30. The molecule has 7 heteroatoms. The van der Waals surface area contributed by atoms with Gasteiger partial charge in [-0.15, -0.1) is 0 Å². The molecule has 156 valence electrons. The number of carbonyl (C=O) groups is 1. The maximum absolute atomic E-state index is 13.1. The summed E-state index contributed by atoms with van der Waals surface area (Å²) in [5, 5.41) is 16.2. The SMILES string of the molecule is Cc1cc([C@@H](C)Nc2ccccc2C(=O)O)c2nc(NC3CCC3)c(C)c(=O)n2c1. The summed E-state index contributed by atoms with van der Waals surface area (Å²) in [6.45, 7) is 5.68. The van der Waals surface area contributed by atoms with Crippen LogP contribution in [0.15, 0.2) is 41.3 Å². The number of para-hydroxylation sites is 1. The van der Waals surface area contributed by atoms with E-state index < -0.39 is 5.97 Å². The van der Waals surface area contributed by atoms with Crippen LogP contribution in [-0.2, 0) is 0 Å². The molecule has 0 radical (unpaired) electrons. The third kappa shape index (κ3) is 3.63. The number of aryl methyl sites for hydroxylation is 1. The third-order valence-electron chi connectivity index (χ3n) is 5.76. The van der Waals surface area contributed by atoms with Crippen molar-refractivity contribution in [1.82, 2.24) is 9.38 Å². The molecule has 2 aromatic heterocycles. The molecule has 1 aliphatic rings. The maximum atomic E-state index is 13.1. The van der Waals surface area contributed by atoms with Gasteiger partial charge in [-0.25, -0.2) is 9.78 Å². The Hall–Kier alpha value is -3.35. The highest BCUT2D eigenvalue weighted by molar-refractivity contribution is 5.94. The number of benzene rings is 1. The minimum atomic E-state index is -0.989. The number of rotatable bonds is 6. The third-order valence-corrected chi connectivity index (χ3v) is 5.76. The van der Waals surface area contributed by atoms with Crippen molar-refractivity contribution in [2.45, 2.75) is 52.1 Å². The average molecular weight is 406 g/mol. The second-order valence-corrected chi connectivity index (χ2v) is 8.05. The molecule has 30 heavy (non-hydrogen) atoms. The van der Waals surface area contributed by atoms with E-state index in [1.165, 1.54) is 6.42 Å². The molecule has 1 fully saturated rings. The van der Waals surface area contributed by atoms with E-state index in [9.17, 15) is 14.7 Å². The Morgan fingerprint density at radius 3 is 2.67 bits per heavy atom. The van der Waals surface area contributed by atoms with E-state index in [1.54, 1.807) is 41.8 Å². The summed E-state index contributed by atoms with van der Waals surface area (Å²) in [4.78, 5) is 29.4. The Morgan fingerprint density at radius 1 is 1.27 bits per heavy atom. The van der Waals surface area contributed by atoms with Gasteiger partial charge in [-0.2, -0.15) is 0 Å². The molecule has 2 heterocycles. The van der Waals surface area contributed by atoms with Gasteiger partial charge in [0.25, 0.3) is 5.56 Å². The van der Waals surface area contributed by atoms with Crippen LogP contribution in [0, 0.1) is 13.8 Å². The first-order chi connectivity index (χ1) is 14.3. The summed E-state index contributed by atoms with van der Waals surface area (Å²) in [7, 11) is 0. The van der Waals surface area contributed by atoms with Crippen LogP contribution in [-0.4, -0.2) is 26.5 Å². The second-order valence-electron chi connectivity index (χ2n) is 8.05. The van der Waals surface area contributed by atoms with Crippen LogP contribution in [0.25, 0.3) is 5.65 Å². The number of nitrogens with one attached hydrogen (secondary N) is 2. The number of carboxylic acids is 1. The topological polar surface area (TPSA) is 95.7 Å². The summed E-state index contributed by atoms with van der Waals surface area (Å²) in [5.74, 6) is -0.357. The van der Waals surface area contributed by atoms with Crippen LogP contribution in [0.3, 0.4) is 0 Å². The highest BCUT2D eigenvalue weighted by Gasteiger charge is 2.22. The zero-order valence-corrected chi connectivity index (χ0v) is 17.4. The Labute approximate surface area is 174 Å². The van der Waals surface area contributed by atoms with Gasteiger partial charge in [0.2, 0.25) is 0 Å². The Bertz CT molecular complexity index is 1180. The van der Waals surface area contributed by atoms with E-state index in [0.29, 0.717) is 28.8 Å². The van der Waals surface area contributed by atoms with Gasteiger partial charge in [-0.05, 0) is 63.8 Å². The fourth-order valence-corrected chi connectivity index (χ4v) is 3.81. The van der Waals surface area contributed by atoms with Crippen LogP contribution in [0.5, 0.6) is 0 Å². The predicted octanol–water partition coefficient (Wildman–Crippen LogP) is 4.15. The molecule has 3 N–H and O–H groups in total. The average Bonchev–Trinajstić information content (AvgIpc) is 2.68. The normalized spacial score (nSPS) is 14.9. The summed E-state index contributed by atoms with van der Waals surface area (Å²) >= 11 is 0. The molecule has 1 atom stereocenters. The number of aromatic carboxylic acids is 1. The van der Waals surface area contributed by atoms with Crippen LogP contribution < -0.4 is 16.2 Å². The molecular formula is C23H26N4O3. The first-order valence-corrected chi connectivity index (χ1v) is 10.2. The quantitative estimate of drug-likeness (QED) is 0.569. The fraction of sp³-hybridized carbons (Fsp3) is 0.348. The monoisotopic (exact) mass is 406 g/mol. The van der Waals surface area contributed by atoms with Gasteiger partial charge in [0.1, 0.15) is 11.5 Å². The molecule has 1 aromatic carbocycles. The van der Waals surface area contributed by atoms with E-state index in [0.717, 1.165) is 24.0 Å². The number of nitrogens with zero attached hydrogens (tertiary/aromatic N) is 2. The Morgan fingerprint density at radius 2 is 2.00 bits per heavy atom. The molecule has 4 rings (SSSR count). The lowest BCUT2D eigenvalue weighted by Gasteiger charge is -2.28. The van der Waals surface area contributed by atoms with Crippen LogP contribution in [0.1, 0.15) is 59.3 Å². The number of hydrogen-bond acceptors (Lipinski definition) is 5. The summed E-state index contributed by atoms with van der Waals surface area (Å²) in [6, 6.07) is 8.90. The molecular weight excluding hydrogens is 380 g/mol. The minimum Gasteiger partial charge on any atom is -0.478 e. The molecule has 1 aliphatic carbocycles. The van der Waals surface area contributed by atoms with E-state index in [1.807, 2.05) is 19.9 Å². The Balaban J connectivity index is 1.79. The van der Waals surface area contributed by atoms with Crippen molar-refractivity contribution in [3.8, 4) is 0 Å². The minimum absolute atomic E-state index is 0.0927. The number of pyridine rings is 1. The molecule has 0 amide bonds. The van der Waals surface area contributed by atoms with Crippen molar-refractivity contribution in [2.24, 2.45) is 0 Å². The largest absolute Gasteiger partial charge is 0.478 e. The van der Waals surface area contributed by atoms with Gasteiger partial charge in [0.05, 0.1) is 17.2 Å². The molecule has 3 aromatic rings. The van der Waals surface area contributed by atoms with Crippen LogP contribution >= 0.6 is 0 Å². The molecule has 0 unspecified atom stereocenters. The lowest BCUT2D eigenvalue weighted by atomic mass is 9.93. The molecule has 1 saturated carbocycles.